The van der Waals surface area contributed by atoms with Gasteiger partial charge in [0.05, 0.1) is 5.54 Å². The number of carbonyl (C=O) groups excluding carboxylic acids is 2. The van der Waals surface area contributed by atoms with Crippen LogP contribution in [-0.2, 0) is 9.59 Å². The summed E-state index contributed by atoms with van der Waals surface area (Å²) in [7, 11) is 0. The van der Waals surface area contributed by atoms with Gasteiger partial charge in [-0.25, -0.2) is 0 Å². The fourth-order valence-electron chi connectivity index (χ4n) is 2.02. The van der Waals surface area contributed by atoms with Crippen LogP contribution in [0.3, 0.4) is 0 Å². The molecular weight excluding hydrogens is 252 g/mol. The van der Waals surface area contributed by atoms with E-state index in [-0.39, 0.29) is 11.8 Å². The molecule has 1 rings (SSSR count). The van der Waals surface area contributed by atoms with Crippen LogP contribution < -0.4 is 10.2 Å². The number of benzene rings is 1. The second-order valence-corrected chi connectivity index (χ2v) is 5.45. The van der Waals surface area contributed by atoms with Crippen molar-refractivity contribution in [3.05, 3.63) is 30.3 Å². The smallest absolute Gasteiger partial charge is 0.226 e. The van der Waals surface area contributed by atoms with Crippen LogP contribution in [0.15, 0.2) is 30.3 Å². The SMILES string of the molecule is CCC(=O)NC(C)(C)CN(C(=O)CC)c1ccccc1. The van der Waals surface area contributed by atoms with Gasteiger partial charge in [0.15, 0.2) is 0 Å². The maximum atomic E-state index is 12.2. The molecule has 0 saturated heterocycles. The van der Waals surface area contributed by atoms with Crippen molar-refractivity contribution in [2.45, 2.75) is 46.1 Å². The Bertz CT molecular complexity index is 455. The van der Waals surface area contributed by atoms with Crippen LogP contribution in [0.1, 0.15) is 40.5 Å². The van der Waals surface area contributed by atoms with Gasteiger partial charge in [-0.05, 0) is 26.0 Å². The molecule has 2 amide bonds. The molecule has 0 spiro atoms. The van der Waals surface area contributed by atoms with E-state index in [0.717, 1.165) is 5.69 Å². The molecule has 0 bridgehead atoms. The Balaban J connectivity index is 2.91. The van der Waals surface area contributed by atoms with Crippen molar-refractivity contribution in [3.63, 3.8) is 0 Å². The third-order valence-electron chi connectivity index (χ3n) is 3.02. The summed E-state index contributed by atoms with van der Waals surface area (Å²) in [5, 5.41) is 2.95. The van der Waals surface area contributed by atoms with Gasteiger partial charge in [0.2, 0.25) is 11.8 Å². The second kappa shape index (κ2) is 7.08. The Morgan fingerprint density at radius 3 is 2.20 bits per heavy atom. The number of para-hydroxylation sites is 1. The maximum Gasteiger partial charge on any atom is 0.226 e. The third kappa shape index (κ3) is 4.68. The molecule has 0 aliphatic carbocycles. The Labute approximate surface area is 121 Å². The maximum absolute atomic E-state index is 12.2. The third-order valence-corrected chi connectivity index (χ3v) is 3.02. The molecular formula is C16H24N2O2. The average molecular weight is 276 g/mol. The Kier molecular flexibility index (Phi) is 5.74. The van der Waals surface area contributed by atoms with E-state index in [1.165, 1.54) is 0 Å². The lowest BCUT2D eigenvalue weighted by Crippen LogP contribution is -2.52. The van der Waals surface area contributed by atoms with Gasteiger partial charge >= 0.3 is 0 Å². The first kappa shape index (κ1) is 16.2. The monoisotopic (exact) mass is 276 g/mol. The fourth-order valence-corrected chi connectivity index (χ4v) is 2.02. The van der Waals surface area contributed by atoms with Gasteiger partial charge in [-0.15, -0.1) is 0 Å². The standard InChI is InChI=1S/C16H24N2O2/c1-5-14(19)17-16(3,4)12-18(15(20)6-2)13-10-8-7-9-11-13/h7-11H,5-6,12H2,1-4H3,(H,17,19). The molecule has 0 heterocycles. The van der Waals surface area contributed by atoms with E-state index < -0.39 is 5.54 Å². The number of amides is 2. The quantitative estimate of drug-likeness (QED) is 0.868. The number of rotatable bonds is 6. The zero-order valence-electron chi connectivity index (χ0n) is 12.8. The first-order valence-electron chi connectivity index (χ1n) is 7.06. The summed E-state index contributed by atoms with van der Waals surface area (Å²) in [6, 6.07) is 9.55. The summed E-state index contributed by atoms with van der Waals surface area (Å²) in [4.78, 5) is 25.5. The molecule has 1 N–H and O–H groups in total. The highest BCUT2D eigenvalue weighted by atomic mass is 16.2. The van der Waals surface area contributed by atoms with Crippen LogP contribution in [0.25, 0.3) is 0 Å². The lowest BCUT2D eigenvalue weighted by atomic mass is 10.0. The number of hydrogen-bond donors (Lipinski definition) is 1. The lowest BCUT2D eigenvalue weighted by molar-refractivity contribution is -0.123. The normalized spacial score (nSPS) is 11.0. The van der Waals surface area contributed by atoms with Crippen molar-refractivity contribution in [1.29, 1.82) is 0 Å². The summed E-state index contributed by atoms with van der Waals surface area (Å²) in [5.41, 5.74) is 0.395. The highest BCUT2D eigenvalue weighted by Gasteiger charge is 2.26. The number of anilines is 1. The highest BCUT2D eigenvalue weighted by Crippen LogP contribution is 2.18. The van der Waals surface area contributed by atoms with Crippen molar-refractivity contribution in [1.82, 2.24) is 5.32 Å². The van der Waals surface area contributed by atoms with Gasteiger partial charge in [0, 0.05) is 25.1 Å². The van der Waals surface area contributed by atoms with Crippen molar-refractivity contribution < 1.29 is 9.59 Å². The molecule has 0 unspecified atom stereocenters. The van der Waals surface area contributed by atoms with Crippen molar-refractivity contribution in [2.75, 3.05) is 11.4 Å². The molecule has 4 nitrogen and oxygen atoms in total. The largest absolute Gasteiger partial charge is 0.349 e. The van der Waals surface area contributed by atoms with Gasteiger partial charge in [-0.2, -0.15) is 0 Å². The molecule has 0 saturated carbocycles. The predicted octanol–water partition coefficient (Wildman–Crippen LogP) is 2.73. The zero-order valence-corrected chi connectivity index (χ0v) is 12.8. The van der Waals surface area contributed by atoms with Gasteiger partial charge in [0.25, 0.3) is 0 Å². The minimum Gasteiger partial charge on any atom is -0.349 e. The van der Waals surface area contributed by atoms with E-state index >= 15 is 0 Å². The predicted molar refractivity (Wildman–Crippen MR) is 81.6 cm³/mol. The summed E-state index contributed by atoms with van der Waals surface area (Å²) in [5.74, 6) is 0.0435. The van der Waals surface area contributed by atoms with Gasteiger partial charge < -0.3 is 10.2 Å². The molecule has 0 aliphatic rings. The summed E-state index contributed by atoms with van der Waals surface area (Å²) in [6.07, 6.45) is 0.878. The molecule has 4 heteroatoms. The molecule has 0 fully saturated rings. The van der Waals surface area contributed by atoms with E-state index in [4.69, 9.17) is 0 Å². The van der Waals surface area contributed by atoms with Gasteiger partial charge in [0.1, 0.15) is 0 Å². The van der Waals surface area contributed by atoms with Gasteiger partial charge in [-0.3, -0.25) is 9.59 Å². The van der Waals surface area contributed by atoms with Crippen LogP contribution in [0, 0.1) is 0 Å². The number of nitrogens with zero attached hydrogens (tertiary/aromatic N) is 1. The van der Waals surface area contributed by atoms with Crippen LogP contribution >= 0.6 is 0 Å². The minimum atomic E-state index is -0.465. The van der Waals surface area contributed by atoms with E-state index in [2.05, 4.69) is 5.32 Å². The van der Waals surface area contributed by atoms with Crippen LogP contribution in [0.4, 0.5) is 5.69 Å². The molecule has 20 heavy (non-hydrogen) atoms. The fraction of sp³-hybridized carbons (Fsp3) is 0.500. The first-order chi connectivity index (χ1) is 9.39. The van der Waals surface area contributed by atoms with Crippen molar-refractivity contribution in [3.8, 4) is 0 Å². The van der Waals surface area contributed by atoms with Crippen LogP contribution in [0.2, 0.25) is 0 Å². The lowest BCUT2D eigenvalue weighted by Gasteiger charge is -2.33. The topological polar surface area (TPSA) is 49.4 Å². The zero-order chi connectivity index (χ0) is 15.2. The van der Waals surface area contributed by atoms with E-state index in [0.29, 0.717) is 19.4 Å². The second-order valence-electron chi connectivity index (χ2n) is 5.45. The highest BCUT2D eigenvalue weighted by molar-refractivity contribution is 5.93. The van der Waals surface area contributed by atoms with Gasteiger partial charge in [-0.1, -0.05) is 32.0 Å². The molecule has 1 aromatic carbocycles. The van der Waals surface area contributed by atoms with Crippen LogP contribution in [-0.4, -0.2) is 23.9 Å². The molecule has 0 aliphatic heterocycles. The Morgan fingerprint density at radius 1 is 1.10 bits per heavy atom. The molecule has 0 atom stereocenters. The first-order valence-corrected chi connectivity index (χ1v) is 7.06. The van der Waals surface area contributed by atoms with E-state index in [9.17, 15) is 9.59 Å². The number of carbonyl (C=O) groups is 2. The average Bonchev–Trinajstić information content (AvgIpc) is 2.44. The molecule has 0 aromatic heterocycles. The Morgan fingerprint density at radius 2 is 1.70 bits per heavy atom. The summed E-state index contributed by atoms with van der Waals surface area (Å²) >= 11 is 0. The minimum absolute atomic E-state index is 0.00745. The van der Waals surface area contributed by atoms with Crippen molar-refractivity contribution in [2.24, 2.45) is 0 Å². The van der Waals surface area contributed by atoms with Crippen LogP contribution in [0.5, 0.6) is 0 Å². The Hall–Kier alpha value is -1.84. The van der Waals surface area contributed by atoms with E-state index in [1.807, 2.05) is 58.0 Å². The number of hydrogen-bond acceptors (Lipinski definition) is 2. The molecule has 0 radical (unpaired) electrons. The summed E-state index contributed by atoms with van der Waals surface area (Å²) in [6.45, 7) is 7.97. The molecule has 110 valence electrons. The number of nitrogens with one attached hydrogen (secondary N) is 1. The summed E-state index contributed by atoms with van der Waals surface area (Å²) < 4.78 is 0. The van der Waals surface area contributed by atoms with E-state index in [1.54, 1.807) is 4.90 Å². The van der Waals surface area contributed by atoms with Crippen molar-refractivity contribution >= 4 is 17.5 Å². The molecule has 1 aromatic rings.